The zero-order chi connectivity index (χ0) is 14.8. The van der Waals surface area contributed by atoms with Crippen LogP contribution in [-0.4, -0.2) is 34.8 Å². The Kier molecular flexibility index (Phi) is 3.90. The molecule has 1 saturated heterocycles. The largest absolute Gasteiger partial charge is 0.348 e. The van der Waals surface area contributed by atoms with Gasteiger partial charge in [0, 0.05) is 25.7 Å². The van der Waals surface area contributed by atoms with Gasteiger partial charge in [-0.2, -0.15) is 0 Å². The highest BCUT2D eigenvalue weighted by molar-refractivity contribution is 5.89. The van der Waals surface area contributed by atoms with Crippen LogP contribution in [0.4, 0.5) is 0 Å². The number of pyridine rings is 1. The fourth-order valence-corrected chi connectivity index (χ4v) is 2.77. The van der Waals surface area contributed by atoms with E-state index in [1.165, 1.54) is 12.8 Å². The topological polar surface area (TPSA) is 62.3 Å². The van der Waals surface area contributed by atoms with Gasteiger partial charge in [0.15, 0.2) is 0 Å². The molecule has 3 rings (SSSR count). The molecule has 1 saturated carbocycles. The van der Waals surface area contributed by atoms with Gasteiger partial charge in [-0.15, -0.1) is 0 Å². The molecule has 0 bridgehead atoms. The minimum Gasteiger partial charge on any atom is -0.348 e. The molecule has 2 aliphatic rings. The van der Waals surface area contributed by atoms with Crippen molar-refractivity contribution in [3.8, 4) is 0 Å². The first-order valence-corrected chi connectivity index (χ1v) is 7.62. The maximum Gasteiger partial charge on any atom is 0.225 e. The average molecular weight is 287 g/mol. The molecule has 1 aromatic heterocycles. The van der Waals surface area contributed by atoms with Crippen molar-refractivity contribution in [2.45, 2.75) is 32.2 Å². The number of amides is 2. The van der Waals surface area contributed by atoms with Gasteiger partial charge in [-0.3, -0.25) is 14.6 Å². The molecular formula is C16H21N3O2. The standard InChI is InChI=1S/C16H21N3O2/c1-11(14-4-2-3-7-17-14)18-16(21)13-8-15(20)19(10-13)9-12-5-6-12/h2-4,7,11-13H,5-6,8-10H2,1H3,(H,18,21)/t11-,13-/m0/s1. The van der Waals surface area contributed by atoms with Gasteiger partial charge in [0.25, 0.3) is 0 Å². The minimum atomic E-state index is -0.220. The number of likely N-dealkylation sites (tertiary alicyclic amines) is 1. The van der Waals surface area contributed by atoms with E-state index in [1.54, 1.807) is 6.20 Å². The summed E-state index contributed by atoms with van der Waals surface area (Å²) in [6.45, 7) is 3.31. The van der Waals surface area contributed by atoms with Crippen LogP contribution in [0, 0.1) is 11.8 Å². The fraction of sp³-hybridized carbons (Fsp3) is 0.562. The van der Waals surface area contributed by atoms with Crippen molar-refractivity contribution in [3.05, 3.63) is 30.1 Å². The molecule has 1 N–H and O–H groups in total. The molecule has 0 unspecified atom stereocenters. The number of nitrogens with zero attached hydrogens (tertiary/aromatic N) is 2. The molecule has 2 fully saturated rings. The summed E-state index contributed by atoms with van der Waals surface area (Å²) in [5.74, 6) is 0.526. The fourth-order valence-electron chi connectivity index (χ4n) is 2.77. The van der Waals surface area contributed by atoms with Crippen molar-refractivity contribution < 1.29 is 9.59 Å². The number of hydrogen-bond donors (Lipinski definition) is 1. The number of hydrogen-bond acceptors (Lipinski definition) is 3. The van der Waals surface area contributed by atoms with Gasteiger partial charge in [0.1, 0.15) is 0 Å². The summed E-state index contributed by atoms with van der Waals surface area (Å²) in [7, 11) is 0. The van der Waals surface area contributed by atoms with Crippen LogP contribution in [0.5, 0.6) is 0 Å². The Hall–Kier alpha value is -1.91. The molecule has 2 heterocycles. The SMILES string of the molecule is C[C@H](NC(=O)[C@H]1CC(=O)N(CC2CC2)C1)c1ccccn1. The lowest BCUT2D eigenvalue weighted by atomic mass is 10.1. The van der Waals surface area contributed by atoms with Crippen LogP contribution >= 0.6 is 0 Å². The smallest absolute Gasteiger partial charge is 0.225 e. The molecule has 21 heavy (non-hydrogen) atoms. The predicted molar refractivity (Wildman–Crippen MR) is 78.2 cm³/mol. The molecule has 1 aliphatic heterocycles. The van der Waals surface area contributed by atoms with E-state index in [0.29, 0.717) is 18.9 Å². The average Bonchev–Trinajstić information content (AvgIpc) is 3.23. The lowest BCUT2D eigenvalue weighted by Gasteiger charge is -2.18. The van der Waals surface area contributed by atoms with Crippen molar-refractivity contribution in [1.82, 2.24) is 15.2 Å². The van der Waals surface area contributed by atoms with Crippen LogP contribution in [0.1, 0.15) is 37.9 Å². The molecule has 5 heteroatoms. The van der Waals surface area contributed by atoms with E-state index in [9.17, 15) is 9.59 Å². The third-order valence-electron chi connectivity index (χ3n) is 4.25. The Bertz CT molecular complexity index is 528. The Morgan fingerprint density at radius 2 is 2.29 bits per heavy atom. The quantitative estimate of drug-likeness (QED) is 0.893. The molecule has 112 valence electrons. The van der Waals surface area contributed by atoms with Gasteiger partial charge >= 0.3 is 0 Å². The van der Waals surface area contributed by atoms with E-state index >= 15 is 0 Å². The predicted octanol–water partition coefficient (Wildman–Crippen LogP) is 1.52. The maximum atomic E-state index is 12.3. The second-order valence-corrected chi connectivity index (χ2v) is 6.13. The van der Waals surface area contributed by atoms with Crippen molar-refractivity contribution in [2.24, 2.45) is 11.8 Å². The highest BCUT2D eigenvalue weighted by Crippen LogP contribution is 2.32. The molecule has 0 spiro atoms. The molecule has 0 radical (unpaired) electrons. The monoisotopic (exact) mass is 287 g/mol. The molecular weight excluding hydrogens is 266 g/mol. The van der Waals surface area contributed by atoms with Crippen molar-refractivity contribution in [2.75, 3.05) is 13.1 Å². The van der Waals surface area contributed by atoms with Crippen molar-refractivity contribution in [3.63, 3.8) is 0 Å². The number of nitrogens with one attached hydrogen (secondary N) is 1. The summed E-state index contributed by atoms with van der Waals surface area (Å²) in [4.78, 5) is 30.3. The van der Waals surface area contributed by atoms with E-state index in [2.05, 4.69) is 10.3 Å². The molecule has 2 amide bonds. The second-order valence-electron chi connectivity index (χ2n) is 6.13. The number of carbonyl (C=O) groups excluding carboxylic acids is 2. The van der Waals surface area contributed by atoms with E-state index in [4.69, 9.17) is 0 Å². The first-order chi connectivity index (χ1) is 10.1. The Morgan fingerprint density at radius 3 is 2.95 bits per heavy atom. The minimum absolute atomic E-state index is 0.0419. The van der Waals surface area contributed by atoms with Crippen LogP contribution in [0.2, 0.25) is 0 Å². The Morgan fingerprint density at radius 1 is 1.48 bits per heavy atom. The summed E-state index contributed by atoms with van der Waals surface area (Å²) in [6, 6.07) is 5.51. The van der Waals surface area contributed by atoms with Crippen molar-refractivity contribution >= 4 is 11.8 Å². The molecule has 1 aliphatic carbocycles. The van der Waals surface area contributed by atoms with E-state index < -0.39 is 0 Å². The maximum absolute atomic E-state index is 12.3. The summed E-state index contributed by atoms with van der Waals surface area (Å²) >= 11 is 0. The van der Waals surface area contributed by atoms with Crippen LogP contribution in [0.25, 0.3) is 0 Å². The van der Waals surface area contributed by atoms with Gasteiger partial charge in [-0.05, 0) is 37.8 Å². The van der Waals surface area contributed by atoms with E-state index in [0.717, 1.165) is 12.2 Å². The van der Waals surface area contributed by atoms with E-state index in [-0.39, 0.29) is 23.8 Å². The third kappa shape index (κ3) is 3.40. The van der Waals surface area contributed by atoms with Gasteiger partial charge in [0.2, 0.25) is 11.8 Å². The highest BCUT2D eigenvalue weighted by atomic mass is 16.2. The third-order valence-corrected chi connectivity index (χ3v) is 4.25. The second kappa shape index (κ2) is 5.84. The van der Waals surface area contributed by atoms with Gasteiger partial charge in [-0.25, -0.2) is 0 Å². The first kappa shape index (κ1) is 14.0. The van der Waals surface area contributed by atoms with Crippen LogP contribution in [0.3, 0.4) is 0 Å². The zero-order valence-corrected chi connectivity index (χ0v) is 12.3. The molecule has 1 aromatic rings. The van der Waals surface area contributed by atoms with E-state index in [1.807, 2.05) is 30.0 Å². The lowest BCUT2D eigenvalue weighted by molar-refractivity contribution is -0.129. The summed E-state index contributed by atoms with van der Waals surface area (Å²) in [5, 5.41) is 2.97. The van der Waals surface area contributed by atoms with Crippen LogP contribution in [-0.2, 0) is 9.59 Å². The summed E-state index contributed by atoms with van der Waals surface area (Å²) in [5.41, 5.74) is 0.838. The lowest BCUT2D eigenvalue weighted by Crippen LogP contribution is -2.35. The number of rotatable bonds is 5. The van der Waals surface area contributed by atoms with Gasteiger partial charge < -0.3 is 10.2 Å². The van der Waals surface area contributed by atoms with Crippen LogP contribution in [0.15, 0.2) is 24.4 Å². The van der Waals surface area contributed by atoms with Crippen molar-refractivity contribution in [1.29, 1.82) is 0 Å². The zero-order valence-electron chi connectivity index (χ0n) is 12.3. The highest BCUT2D eigenvalue weighted by Gasteiger charge is 2.37. The summed E-state index contributed by atoms with van der Waals surface area (Å²) < 4.78 is 0. The molecule has 5 nitrogen and oxygen atoms in total. The molecule has 2 atom stereocenters. The first-order valence-electron chi connectivity index (χ1n) is 7.62. The van der Waals surface area contributed by atoms with Crippen LogP contribution < -0.4 is 5.32 Å². The number of carbonyl (C=O) groups is 2. The molecule has 0 aromatic carbocycles. The number of aromatic nitrogens is 1. The van der Waals surface area contributed by atoms with Gasteiger partial charge in [0.05, 0.1) is 17.7 Å². The Balaban J connectivity index is 1.54. The Labute approximate surface area is 124 Å². The normalized spacial score (nSPS) is 23.2. The summed E-state index contributed by atoms with van der Waals surface area (Å²) in [6.07, 6.45) is 4.50. The van der Waals surface area contributed by atoms with Gasteiger partial charge in [-0.1, -0.05) is 6.07 Å².